The van der Waals surface area contributed by atoms with Crippen molar-refractivity contribution >= 4 is 34.5 Å². The minimum atomic E-state index is -0.849. The maximum atomic E-state index is 13.0. The number of ether oxygens (including phenoxy) is 1. The lowest BCUT2D eigenvalue weighted by molar-refractivity contribution is -0.160. The van der Waals surface area contributed by atoms with E-state index in [9.17, 15) is 9.59 Å². The zero-order valence-electron chi connectivity index (χ0n) is 14.0. The summed E-state index contributed by atoms with van der Waals surface area (Å²) in [7, 11) is 0. The predicted octanol–water partition coefficient (Wildman–Crippen LogP) is 4.20. The molecule has 0 aliphatic carbocycles. The number of hydrogen-bond donors (Lipinski definition) is 0. The minimum absolute atomic E-state index is 0.136. The van der Waals surface area contributed by atoms with Crippen LogP contribution in [0.25, 0.3) is 10.6 Å². The first kappa shape index (κ1) is 16.9. The van der Waals surface area contributed by atoms with E-state index in [4.69, 9.17) is 21.3 Å². The second-order valence-corrected chi connectivity index (χ2v) is 8.28. The van der Waals surface area contributed by atoms with Gasteiger partial charge < -0.3 is 4.74 Å². The number of ketones is 2. The van der Waals surface area contributed by atoms with Gasteiger partial charge in [-0.2, -0.15) is 0 Å². The highest BCUT2D eigenvalue weighted by Gasteiger charge is 2.56. The first-order valence-corrected chi connectivity index (χ1v) is 9.64. The van der Waals surface area contributed by atoms with E-state index < -0.39 is 17.6 Å². The summed E-state index contributed by atoms with van der Waals surface area (Å²) in [4.78, 5) is 31.5. The fourth-order valence-electron chi connectivity index (χ4n) is 3.66. The summed E-state index contributed by atoms with van der Waals surface area (Å²) in [6.45, 7) is 3.82. The Morgan fingerprint density at radius 3 is 2.72 bits per heavy atom. The number of thiazole rings is 1. The Bertz CT molecular complexity index is 860. The van der Waals surface area contributed by atoms with Gasteiger partial charge in [-0.1, -0.05) is 30.7 Å². The predicted molar refractivity (Wildman–Crippen MR) is 97.2 cm³/mol. The molecule has 4 nitrogen and oxygen atoms in total. The molecule has 0 amide bonds. The molecule has 130 valence electrons. The molecule has 3 heterocycles. The summed E-state index contributed by atoms with van der Waals surface area (Å²) >= 11 is 7.50. The summed E-state index contributed by atoms with van der Waals surface area (Å²) in [6, 6.07) is 7.44. The van der Waals surface area contributed by atoms with Crippen LogP contribution < -0.4 is 0 Å². The Morgan fingerprint density at radius 2 is 2.04 bits per heavy atom. The second kappa shape index (κ2) is 6.01. The maximum Gasteiger partial charge on any atom is 0.180 e. The van der Waals surface area contributed by atoms with Crippen molar-refractivity contribution in [1.29, 1.82) is 0 Å². The quantitative estimate of drug-likeness (QED) is 0.754. The number of nitrogens with zero attached hydrogens (tertiary/aromatic N) is 1. The number of Topliss-reactive ketones (excluding diaryl/α,β-unsaturated/α-hetero) is 2. The van der Waals surface area contributed by atoms with Gasteiger partial charge >= 0.3 is 0 Å². The molecule has 1 aromatic carbocycles. The molecular formula is C19H18ClNO3S. The number of carbonyl (C=O) groups is 2. The van der Waals surface area contributed by atoms with E-state index in [0.717, 1.165) is 21.9 Å². The van der Waals surface area contributed by atoms with Crippen LogP contribution in [0.1, 0.15) is 43.2 Å². The molecule has 3 atom stereocenters. The molecule has 2 saturated heterocycles. The molecule has 0 saturated carbocycles. The molecule has 0 spiro atoms. The van der Waals surface area contributed by atoms with Crippen molar-refractivity contribution in [2.24, 2.45) is 0 Å². The number of aromatic nitrogens is 1. The summed E-state index contributed by atoms with van der Waals surface area (Å²) < 4.78 is 5.70. The second-order valence-electron chi connectivity index (χ2n) is 6.76. The number of rotatable bonds is 3. The van der Waals surface area contributed by atoms with E-state index in [1.54, 1.807) is 6.92 Å². The van der Waals surface area contributed by atoms with Gasteiger partial charge in [0.1, 0.15) is 22.6 Å². The van der Waals surface area contributed by atoms with E-state index >= 15 is 0 Å². The average molecular weight is 376 g/mol. The topological polar surface area (TPSA) is 56.3 Å². The van der Waals surface area contributed by atoms with Gasteiger partial charge in [0.25, 0.3) is 0 Å². The van der Waals surface area contributed by atoms with Gasteiger partial charge in [-0.3, -0.25) is 9.59 Å². The molecule has 1 aromatic heterocycles. The van der Waals surface area contributed by atoms with Gasteiger partial charge in [0.05, 0.1) is 5.69 Å². The van der Waals surface area contributed by atoms with Gasteiger partial charge in [-0.15, -0.1) is 11.3 Å². The lowest BCUT2D eigenvalue weighted by Crippen LogP contribution is -2.49. The molecule has 0 N–H and O–H groups in total. The third-order valence-corrected chi connectivity index (χ3v) is 6.60. The zero-order valence-corrected chi connectivity index (χ0v) is 15.6. The van der Waals surface area contributed by atoms with Crippen molar-refractivity contribution < 1.29 is 14.3 Å². The van der Waals surface area contributed by atoms with Crippen LogP contribution in [0.3, 0.4) is 0 Å². The third-order valence-electron chi connectivity index (χ3n) is 5.08. The lowest BCUT2D eigenvalue weighted by Gasteiger charge is -2.32. The highest BCUT2D eigenvalue weighted by atomic mass is 35.5. The highest BCUT2D eigenvalue weighted by molar-refractivity contribution is 7.15. The zero-order chi connectivity index (χ0) is 17.8. The van der Waals surface area contributed by atoms with Crippen LogP contribution in [0, 0.1) is 0 Å². The lowest BCUT2D eigenvalue weighted by atomic mass is 9.83. The van der Waals surface area contributed by atoms with E-state index in [2.05, 4.69) is 0 Å². The molecule has 2 bridgehead atoms. The van der Waals surface area contributed by atoms with Crippen molar-refractivity contribution in [2.45, 2.75) is 50.7 Å². The van der Waals surface area contributed by atoms with Crippen molar-refractivity contribution in [2.75, 3.05) is 0 Å². The van der Waals surface area contributed by atoms with Crippen LogP contribution in [-0.2, 0) is 20.7 Å². The summed E-state index contributed by atoms with van der Waals surface area (Å²) in [6.07, 6.45) is 1.49. The molecule has 3 unspecified atom stereocenters. The first-order valence-electron chi connectivity index (χ1n) is 8.44. The van der Waals surface area contributed by atoms with Crippen molar-refractivity contribution in [3.8, 4) is 10.6 Å². The van der Waals surface area contributed by atoms with E-state index in [0.29, 0.717) is 23.6 Å². The SMILES string of the molecule is CCc1sc(-c2ccc(Cl)cc2)nc1C1C(=O)C2CCC(C)(O2)C1=O. The number of halogens is 1. The van der Waals surface area contributed by atoms with Gasteiger partial charge in [0.15, 0.2) is 11.6 Å². The molecule has 25 heavy (non-hydrogen) atoms. The van der Waals surface area contributed by atoms with Crippen LogP contribution in [0.15, 0.2) is 24.3 Å². The number of aryl methyl sites for hydroxylation is 1. The Morgan fingerprint density at radius 1 is 1.32 bits per heavy atom. The molecule has 2 fully saturated rings. The van der Waals surface area contributed by atoms with Crippen LogP contribution in [-0.4, -0.2) is 28.3 Å². The Hall–Kier alpha value is -1.56. The normalized spacial score (nSPS) is 28.6. The molecule has 0 radical (unpaired) electrons. The maximum absolute atomic E-state index is 13.0. The standard InChI is InChI=1S/C19H18ClNO3S/c1-3-13-15(21-18(25-13)10-4-6-11(20)7-5-10)14-16(22)12-8-9-19(2,24-12)17(14)23/h4-7,12,14H,3,8-9H2,1-2H3. The number of carbonyl (C=O) groups excluding carboxylic acids is 2. The van der Waals surface area contributed by atoms with Crippen LogP contribution in [0.4, 0.5) is 0 Å². The highest BCUT2D eigenvalue weighted by Crippen LogP contribution is 2.45. The Labute approximate surface area is 155 Å². The number of fused-ring (bicyclic) bond motifs is 2. The van der Waals surface area contributed by atoms with Gasteiger partial charge in [-0.25, -0.2) is 4.98 Å². The van der Waals surface area contributed by atoms with Crippen molar-refractivity contribution in [3.05, 3.63) is 39.9 Å². The molecule has 2 aliphatic rings. The summed E-state index contributed by atoms with van der Waals surface area (Å²) in [5.74, 6) is -1.07. The molecule has 2 aromatic rings. The van der Waals surface area contributed by atoms with E-state index in [1.165, 1.54) is 11.3 Å². The monoisotopic (exact) mass is 375 g/mol. The van der Waals surface area contributed by atoms with E-state index in [-0.39, 0.29) is 11.6 Å². The fraction of sp³-hybridized carbons (Fsp3) is 0.421. The third kappa shape index (κ3) is 2.65. The van der Waals surface area contributed by atoms with Crippen LogP contribution in [0.5, 0.6) is 0 Å². The molecule has 6 heteroatoms. The largest absolute Gasteiger partial charge is 0.356 e. The molecule has 2 aliphatic heterocycles. The summed E-state index contributed by atoms with van der Waals surface area (Å²) in [5.41, 5.74) is 0.712. The number of hydrogen-bond acceptors (Lipinski definition) is 5. The Kier molecular flexibility index (Phi) is 4.06. The van der Waals surface area contributed by atoms with Crippen LogP contribution >= 0.6 is 22.9 Å². The smallest absolute Gasteiger partial charge is 0.180 e. The minimum Gasteiger partial charge on any atom is -0.356 e. The van der Waals surface area contributed by atoms with E-state index in [1.807, 2.05) is 31.2 Å². The first-order chi connectivity index (χ1) is 11.9. The molecule has 4 rings (SSSR count). The van der Waals surface area contributed by atoms with Gasteiger partial charge in [0, 0.05) is 15.5 Å². The number of benzene rings is 1. The fourth-order valence-corrected chi connectivity index (χ4v) is 4.83. The van der Waals surface area contributed by atoms with Gasteiger partial charge in [0.2, 0.25) is 0 Å². The Balaban J connectivity index is 1.78. The summed E-state index contributed by atoms with van der Waals surface area (Å²) in [5, 5.41) is 1.48. The molecular weight excluding hydrogens is 358 g/mol. The van der Waals surface area contributed by atoms with Crippen LogP contribution in [0.2, 0.25) is 5.02 Å². The van der Waals surface area contributed by atoms with Gasteiger partial charge in [-0.05, 0) is 38.3 Å². The average Bonchev–Trinajstić information content (AvgIpc) is 3.18. The van der Waals surface area contributed by atoms with Crippen molar-refractivity contribution in [1.82, 2.24) is 4.98 Å². The van der Waals surface area contributed by atoms with Crippen molar-refractivity contribution in [3.63, 3.8) is 0 Å².